The van der Waals surface area contributed by atoms with Crippen LogP contribution in [0.4, 0.5) is 0 Å². The standard InChI is InChI=1S/C13H19Cl2NOS/c1-13(2,3)16-7-4-8-18(17)12-9-10(14)5-6-11(12)15/h5-6,9,16H,4,7-8H2,1-3H3. The second-order valence-corrected chi connectivity index (χ2v) is 7.54. The summed E-state index contributed by atoms with van der Waals surface area (Å²) in [6.45, 7) is 7.17. The van der Waals surface area contributed by atoms with Crippen molar-refractivity contribution < 1.29 is 4.21 Å². The fourth-order valence-electron chi connectivity index (χ4n) is 1.43. The van der Waals surface area contributed by atoms with Crippen LogP contribution in [0.3, 0.4) is 0 Å². The zero-order valence-corrected chi connectivity index (χ0v) is 13.3. The predicted octanol–water partition coefficient (Wildman–Crippen LogP) is 3.88. The molecule has 102 valence electrons. The van der Waals surface area contributed by atoms with Gasteiger partial charge in [0.1, 0.15) is 0 Å². The van der Waals surface area contributed by atoms with E-state index in [1.807, 2.05) is 0 Å². The maximum absolute atomic E-state index is 12.1. The van der Waals surface area contributed by atoms with Gasteiger partial charge >= 0.3 is 0 Å². The average Bonchev–Trinajstić information content (AvgIpc) is 2.26. The molecule has 0 aliphatic rings. The Morgan fingerprint density at radius 2 is 1.94 bits per heavy atom. The average molecular weight is 308 g/mol. The van der Waals surface area contributed by atoms with Gasteiger partial charge in [-0.25, -0.2) is 0 Å². The van der Waals surface area contributed by atoms with Gasteiger partial charge in [-0.1, -0.05) is 23.2 Å². The third-order valence-electron chi connectivity index (χ3n) is 2.30. The lowest BCUT2D eigenvalue weighted by Crippen LogP contribution is -2.36. The Balaban J connectivity index is 2.48. The van der Waals surface area contributed by atoms with Crippen molar-refractivity contribution in [3.8, 4) is 0 Å². The highest BCUT2D eigenvalue weighted by Crippen LogP contribution is 2.24. The topological polar surface area (TPSA) is 29.1 Å². The molecule has 1 N–H and O–H groups in total. The first kappa shape index (κ1) is 16.0. The fraction of sp³-hybridized carbons (Fsp3) is 0.538. The Labute approximate surface area is 122 Å². The fourth-order valence-corrected chi connectivity index (χ4v) is 3.21. The summed E-state index contributed by atoms with van der Waals surface area (Å²) < 4.78 is 12.1. The van der Waals surface area contributed by atoms with E-state index < -0.39 is 10.8 Å². The summed E-state index contributed by atoms with van der Waals surface area (Å²) in [4.78, 5) is 0.625. The highest BCUT2D eigenvalue weighted by atomic mass is 35.5. The number of halogens is 2. The molecule has 5 heteroatoms. The van der Waals surface area contributed by atoms with E-state index in [-0.39, 0.29) is 5.54 Å². The van der Waals surface area contributed by atoms with Gasteiger partial charge in [-0.2, -0.15) is 0 Å². The first-order chi connectivity index (χ1) is 8.29. The molecule has 1 atom stereocenters. The molecule has 0 bridgehead atoms. The number of hydrogen-bond donors (Lipinski definition) is 1. The first-order valence-electron chi connectivity index (χ1n) is 5.88. The minimum absolute atomic E-state index is 0.0925. The molecule has 0 heterocycles. The van der Waals surface area contributed by atoms with E-state index in [9.17, 15) is 4.21 Å². The molecule has 0 aromatic heterocycles. The molecule has 0 saturated carbocycles. The molecule has 2 nitrogen and oxygen atoms in total. The Hall–Kier alpha value is -0.0900. The van der Waals surface area contributed by atoms with Crippen LogP contribution in [-0.4, -0.2) is 22.0 Å². The Morgan fingerprint density at radius 1 is 1.28 bits per heavy atom. The summed E-state index contributed by atoms with van der Waals surface area (Å²) >= 11 is 11.9. The lowest BCUT2D eigenvalue weighted by molar-refractivity contribution is 0.427. The highest BCUT2D eigenvalue weighted by molar-refractivity contribution is 7.85. The quantitative estimate of drug-likeness (QED) is 0.836. The molecule has 1 aromatic carbocycles. The highest BCUT2D eigenvalue weighted by Gasteiger charge is 2.11. The van der Waals surface area contributed by atoms with Crippen LogP contribution in [0.15, 0.2) is 23.1 Å². The Kier molecular flexibility index (Phi) is 6.12. The Bertz CT molecular complexity index is 429. The van der Waals surface area contributed by atoms with Gasteiger partial charge in [0, 0.05) is 16.3 Å². The first-order valence-corrected chi connectivity index (χ1v) is 7.95. The smallest absolute Gasteiger partial charge is 0.0589 e. The number of rotatable bonds is 5. The van der Waals surface area contributed by atoms with Gasteiger partial charge in [0.15, 0.2) is 0 Å². The molecule has 0 radical (unpaired) electrons. The lowest BCUT2D eigenvalue weighted by atomic mass is 10.1. The molecular formula is C13H19Cl2NOS. The van der Waals surface area contributed by atoms with Crippen molar-refractivity contribution in [2.75, 3.05) is 12.3 Å². The van der Waals surface area contributed by atoms with Gasteiger partial charge in [-0.05, 0) is 51.9 Å². The molecule has 0 spiro atoms. The molecule has 0 amide bonds. The SMILES string of the molecule is CC(C)(C)NCCCS(=O)c1cc(Cl)ccc1Cl. The van der Waals surface area contributed by atoms with Crippen LogP contribution in [-0.2, 0) is 10.8 Å². The molecule has 0 aliphatic carbocycles. The van der Waals surface area contributed by atoms with E-state index >= 15 is 0 Å². The number of hydrogen-bond acceptors (Lipinski definition) is 2. The van der Waals surface area contributed by atoms with Gasteiger partial charge in [-0.15, -0.1) is 0 Å². The van der Waals surface area contributed by atoms with Gasteiger partial charge < -0.3 is 5.32 Å². The minimum atomic E-state index is -1.09. The van der Waals surface area contributed by atoms with E-state index in [0.717, 1.165) is 13.0 Å². The third kappa shape index (κ3) is 5.70. The molecule has 0 aliphatic heterocycles. The third-order valence-corrected chi connectivity index (χ3v) is 4.46. The van der Waals surface area contributed by atoms with Gasteiger partial charge in [0.25, 0.3) is 0 Å². The molecule has 1 unspecified atom stereocenters. The van der Waals surface area contributed by atoms with E-state index in [2.05, 4.69) is 26.1 Å². The van der Waals surface area contributed by atoms with Crippen LogP contribution in [0.25, 0.3) is 0 Å². The summed E-state index contributed by atoms with van der Waals surface area (Å²) in [5.41, 5.74) is 0.0925. The number of benzene rings is 1. The number of nitrogens with one attached hydrogen (secondary N) is 1. The summed E-state index contributed by atoms with van der Waals surface area (Å²) in [6, 6.07) is 5.06. The van der Waals surface area contributed by atoms with Crippen molar-refractivity contribution >= 4 is 34.0 Å². The van der Waals surface area contributed by atoms with Crippen LogP contribution in [0.2, 0.25) is 10.0 Å². The Morgan fingerprint density at radius 3 is 2.56 bits per heavy atom. The largest absolute Gasteiger partial charge is 0.312 e. The summed E-state index contributed by atoms with van der Waals surface area (Å²) in [5, 5.41) is 4.44. The van der Waals surface area contributed by atoms with Crippen LogP contribution in [0.1, 0.15) is 27.2 Å². The molecular weight excluding hydrogens is 289 g/mol. The predicted molar refractivity (Wildman–Crippen MR) is 80.1 cm³/mol. The maximum Gasteiger partial charge on any atom is 0.0589 e. The van der Waals surface area contributed by atoms with Crippen molar-refractivity contribution in [3.05, 3.63) is 28.2 Å². The molecule has 1 rings (SSSR count). The molecule has 0 saturated heterocycles. The van der Waals surface area contributed by atoms with E-state index in [0.29, 0.717) is 20.7 Å². The van der Waals surface area contributed by atoms with E-state index in [4.69, 9.17) is 23.2 Å². The lowest BCUT2D eigenvalue weighted by Gasteiger charge is -2.20. The maximum atomic E-state index is 12.1. The molecule has 0 fully saturated rings. The van der Waals surface area contributed by atoms with Crippen molar-refractivity contribution in [1.82, 2.24) is 5.32 Å². The van der Waals surface area contributed by atoms with Crippen LogP contribution >= 0.6 is 23.2 Å². The van der Waals surface area contributed by atoms with Gasteiger partial charge in [0.05, 0.1) is 20.7 Å². The van der Waals surface area contributed by atoms with Crippen molar-refractivity contribution in [3.63, 3.8) is 0 Å². The van der Waals surface area contributed by atoms with E-state index in [1.165, 1.54) is 0 Å². The summed E-state index contributed by atoms with van der Waals surface area (Å²) in [7, 11) is -1.09. The zero-order chi connectivity index (χ0) is 13.8. The summed E-state index contributed by atoms with van der Waals surface area (Å²) in [6.07, 6.45) is 0.840. The van der Waals surface area contributed by atoms with Crippen LogP contribution in [0.5, 0.6) is 0 Å². The van der Waals surface area contributed by atoms with Crippen molar-refractivity contribution in [1.29, 1.82) is 0 Å². The monoisotopic (exact) mass is 307 g/mol. The normalized spacial score (nSPS) is 13.6. The van der Waals surface area contributed by atoms with Crippen molar-refractivity contribution in [2.24, 2.45) is 0 Å². The summed E-state index contributed by atoms with van der Waals surface area (Å²) in [5.74, 6) is 0.586. The van der Waals surface area contributed by atoms with Gasteiger partial charge in [0.2, 0.25) is 0 Å². The van der Waals surface area contributed by atoms with E-state index in [1.54, 1.807) is 18.2 Å². The second kappa shape index (κ2) is 6.90. The van der Waals surface area contributed by atoms with Crippen LogP contribution < -0.4 is 5.32 Å². The van der Waals surface area contributed by atoms with Crippen LogP contribution in [0, 0.1) is 0 Å². The molecule has 18 heavy (non-hydrogen) atoms. The zero-order valence-electron chi connectivity index (χ0n) is 10.9. The minimum Gasteiger partial charge on any atom is -0.312 e. The van der Waals surface area contributed by atoms with Gasteiger partial charge in [-0.3, -0.25) is 4.21 Å². The van der Waals surface area contributed by atoms with Crippen molar-refractivity contribution in [2.45, 2.75) is 37.6 Å². The second-order valence-electron chi connectivity index (χ2n) is 5.15. The molecule has 1 aromatic rings.